The summed E-state index contributed by atoms with van der Waals surface area (Å²) in [6.45, 7) is 9.50. The lowest BCUT2D eigenvalue weighted by atomic mass is 9.87. The van der Waals surface area contributed by atoms with Gasteiger partial charge in [0.15, 0.2) is 6.17 Å². The van der Waals surface area contributed by atoms with E-state index in [9.17, 15) is 5.26 Å². The smallest absolute Gasteiger partial charge is 0.216 e. The third-order valence-corrected chi connectivity index (χ3v) is 5.06. The third kappa shape index (κ3) is 3.40. The van der Waals surface area contributed by atoms with Gasteiger partial charge in [-0.1, -0.05) is 32.9 Å². The summed E-state index contributed by atoms with van der Waals surface area (Å²) in [5.41, 5.74) is 5.10. The average Bonchev–Trinajstić information content (AvgIpc) is 3.06. The number of nitrogens with zero attached hydrogens (tertiary/aromatic N) is 2. The van der Waals surface area contributed by atoms with Crippen LogP contribution in [0.2, 0.25) is 0 Å². The molecule has 3 nitrogen and oxygen atoms in total. The molecule has 4 rings (SSSR count). The van der Waals surface area contributed by atoms with E-state index in [-0.39, 0.29) is 6.17 Å². The molecule has 0 fully saturated rings. The van der Waals surface area contributed by atoms with Crippen LogP contribution in [0.1, 0.15) is 47.1 Å². The summed E-state index contributed by atoms with van der Waals surface area (Å²) in [7, 11) is 1.81. The van der Waals surface area contributed by atoms with E-state index < -0.39 is 11.8 Å². The van der Waals surface area contributed by atoms with Gasteiger partial charge in [0.05, 0.1) is 17.2 Å². The van der Waals surface area contributed by atoms with Crippen molar-refractivity contribution < 1.29 is 13.1 Å². The fourth-order valence-electron chi connectivity index (χ4n) is 3.88. The maximum atomic E-state index is 9.70. The number of nitriles is 1. The van der Waals surface area contributed by atoms with Crippen molar-refractivity contribution in [3.8, 4) is 17.3 Å². The van der Waals surface area contributed by atoms with Crippen molar-refractivity contribution in [3.63, 3.8) is 0 Å². The molecule has 0 aliphatic rings. The number of pyridine rings is 1. The molecule has 0 saturated heterocycles. The second-order valence-corrected chi connectivity index (χ2v) is 8.73. The van der Waals surface area contributed by atoms with Gasteiger partial charge < -0.3 is 4.42 Å². The minimum atomic E-state index is -1.63. The SMILES string of the molecule is [2H]c1cc(C([2H])([2H])C(C)(C)C)cc(-c2c(C)ccc3c2oc2cc(C)cc(C#N)c23)[n+]1C. The molecule has 0 N–H and O–H groups in total. The van der Waals surface area contributed by atoms with Crippen molar-refractivity contribution in [1.82, 2.24) is 0 Å². The summed E-state index contributed by atoms with van der Waals surface area (Å²) < 4.78 is 34.1. The van der Waals surface area contributed by atoms with Crippen LogP contribution in [0.25, 0.3) is 33.2 Å². The van der Waals surface area contributed by atoms with E-state index in [0.29, 0.717) is 28.0 Å². The fourth-order valence-corrected chi connectivity index (χ4v) is 3.88. The Morgan fingerprint density at radius 2 is 1.93 bits per heavy atom. The summed E-state index contributed by atoms with van der Waals surface area (Å²) in [5.74, 6) is 0. The van der Waals surface area contributed by atoms with Gasteiger partial charge in [-0.15, -0.1) is 0 Å². The molecule has 0 amide bonds. The predicted molar refractivity (Wildman–Crippen MR) is 118 cm³/mol. The molecule has 0 aliphatic carbocycles. The van der Waals surface area contributed by atoms with Gasteiger partial charge in [-0.05, 0) is 54.5 Å². The van der Waals surface area contributed by atoms with E-state index in [4.69, 9.17) is 8.53 Å². The van der Waals surface area contributed by atoms with Crippen molar-refractivity contribution >= 4 is 21.9 Å². The number of aryl methyl sites for hydroxylation is 2. The summed E-state index contributed by atoms with van der Waals surface area (Å²) in [6.07, 6.45) is -1.42. The van der Waals surface area contributed by atoms with Crippen LogP contribution in [-0.4, -0.2) is 0 Å². The first-order chi connectivity index (χ1) is 14.9. The Morgan fingerprint density at radius 3 is 2.62 bits per heavy atom. The van der Waals surface area contributed by atoms with Crippen LogP contribution in [0.15, 0.2) is 47.0 Å². The zero-order valence-corrected chi connectivity index (χ0v) is 17.8. The molecule has 3 heteroatoms. The van der Waals surface area contributed by atoms with E-state index in [2.05, 4.69) is 6.07 Å². The quantitative estimate of drug-likeness (QED) is 0.387. The summed E-state index contributed by atoms with van der Waals surface area (Å²) in [5, 5.41) is 11.3. The number of aromatic nitrogens is 1. The number of rotatable bonds is 2. The molecule has 29 heavy (non-hydrogen) atoms. The molecule has 0 bridgehead atoms. The molecule has 0 atom stereocenters. The van der Waals surface area contributed by atoms with E-state index in [0.717, 1.165) is 27.5 Å². The van der Waals surface area contributed by atoms with Gasteiger partial charge in [0.1, 0.15) is 19.6 Å². The van der Waals surface area contributed by atoms with Crippen molar-refractivity contribution in [2.45, 2.75) is 41.0 Å². The number of fused-ring (bicyclic) bond motifs is 3. The Bertz CT molecular complexity index is 1440. The Hall–Kier alpha value is -3.12. The molecular weight excluding hydrogens is 356 g/mol. The van der Waals surface area contributed by atoms with Crippen molar-refractivity contribution in [3.05, 3.63) is 64.8 Å². The highest BCUT2D eigenvalue weighted by atomic mass is 16.3. The molecule has 4 aromatic rings. The van der Waals surface area contributed by atoms with Crippen LogP contribution in [0.3, 0.4) is 0 Å². The van der Waals surface area contributed by atoms with Crippen LogP contribution in [0.5, 0.6) is 0 Å². The topological polar surface area (TPSA) is 40.8 Å². The standard InChI is InChI=1S/C26H27N2O/c1-16-11-19(15-27)24-20-8-7-17(2)23(25(20)29-22(24)12-16)21-13-18(9-10-28(21)6)14-26(3,4)5/h7-13H,14H2,1-6H3/q+1/i10D,14D2. The van der Waals surface area contributed by atoms with E-state index >= 15 is 0 Å². The molecule has 146 valence electrons. The highest BCUT2D eigenvalue weighted by Crippen LogP contribution is 2.39. The van der Waals surface area contributed by atoms with Gasteiger partial charge in [0.25, 0.3) is 0 Å². The monoisotopic (exact) mass is 386 g/mol. The third-order valence-electron chi connectivity index (χ3n) is 5.06. The minimum Gasteiger partial charge on any atom is -0.455 e. The van der Waals surface area contributed by atoms with Crippen molar-refractivity contribution in [2.24, 2.45) is 12.5 Å². The summed E-state index contributed by atoms with van der Waals surface area (Å²) in [4.78, 5) is 0. The first kappa shape index (κ1) is 15.8. The number of furan rings is 1. The van der Waals surface area contributed by atoms with Crippen molar-refractivity contribution in [1.29, 1.82) is 5.26 Å². The highest BCUT2D eigenvalue weighted by molar-refractivity contribution is 6.12. The van der Waals surface area contributed by atoms with Crippen LogP contribution < -0.4 is 4.57 Å². The van der Waals surface area contributed by atoms with Gasteiger partial charge in [0.2, 0.25) is 5.69 Å². The second kappa shape index (κ2) is 6.74. The first-order valence-corrected chi connectivity index (χ1v) is 9.75. The summed E-state index contributed by atoms with van der Waals surface area (Å²) >= 11 is 0. The molecular formula is C26H27N2O+. The van der Waals surface area contributed by atoms with Gasteiger partial charge >= 0.3 is 0 Å². The van der Waals surface area contributed by atoms with Crippen LogP contribution in [0, 0.1) is 30.6 Å². The minimum absolute atomic E-state index is 0.215. The van der Waals surface area contributed by atoms with E-state index in [1.807, 2.05) is 65.0 Å². The molecule has 0 unspecified atom stereocenters. The fraction of sp³-hybridized carbons (Fsp3) is 0.308. The molecule has 2 aromatic carbocycles. The largest absolute Gasteiger partial charge is 0.455 e. The van der Waals surface area contributed by atoms with Gasteiger partial charge in [-0.25, -0.2) is 4.57 Å². The van der Waals surface area contributed by atoms with Crippen molar-refractivity contribution in [2.75, 3.05) is 0 Å². The number of benzene rings is 2. The number of hydrogen-bond acceptors (Lipinski definition) is 2. The molecule has 0 radical (unpaired) electrons. The normalized spacial score (nSPS) is 13.9. The molecule has 2 heterocycles. The lowest BCUT2D eigenvalue weighted by Crippen LogP contribution is -2.31. The maximum absolute atomic E-state index is 9.70. The van der Waals surface area contributed by atoms with E-state index in [1.165, 1.54) is 0 Å². The lowest BCUT2D eigenvalue weighted by molar-refractivity contribution is -0.660. The summed E-state index contributed by atoms with van der Waals surface area (Å²) in [6, 6.07) is 13.5. The molecule has 0 saturated carbocycles. The van der Waals surface area contributed by atoms with Crippen LogP contribution in [0.4, 0.5) is 0 Å². The zero-order chi connectivity index (χ0) is 23.6. The van der Waals surface area contributed by atoms with Gasteiger partial charge in [-0.2, -0.15) is 5.26 Å². The van der Waals surface area contributed by atoms with E-state index in [1.54, 1.807) is 17.7 Å². The van der Waals surface area contributed by atoms with Crippen LogP contribution in [-0.2, 0) is 13.4 Å². The maximum Gasteiger partial charge on any atom is 0.216 e. The molecule has 0 spiro atoms. The first-order valence-electron chi connectivity index (χ1n) is 11.2. The van der Waals surface area contributed by atoms with Crippen LogP contribution >= 0.6 is 0 Å². The highest BCUT2D eigenvalue weighted by Gasteiger charge is 2.23. The Morgan fingerprint density at radius 1 is 1.17 bits per heavy atom. The zero-order valence-electron chi connectivity index (χ0n) is 20.8. The van der Waals surface area contributed by atoms with Gasteiger partial charge in [0, 0.05) is 25.6 Å². The average molecular weight is 387 g/mol. The Balaban J connectivity index is 2.12. The molecule has 0 aliphatic heterocycles. The second-order valence-electron chi connectivity index (χ2n) is 8.73. The number of hydrogen-bond donors (Lipinski definition) is 0. The Kier molecular flexibility index (Phi) is 3.66. The predicted octanol–water partition coefficient (Wildman–Crippen LogP) is 6.15. The lowest BCUT2D eigenvalue weighted by Gasteiger charge is -2.18. The van der Waals surface area contributed by atoms with Gasteiger partial charge in [-0.3, -0.25) is 0 Å². The molecule has 2 aromatic heterocycles. The Labute approximate surface area is 176 Å².